The maximum Gasteiger partial charge on any atom is 0.305 e. The van der Waals surface area contributed by atoms with Crippen LogP contribution in [0.1, 0.15) is 46.4 Å². The van der Waals surface area contributed by atoms with E-state index in [1.165, 1.54) is 0 Å². The molecule has 0 saturated carbocycles. The number of nitrogens with zero attached hydrogens (tertiary/aromatic N) is 4. The second kappa shape index (κ2) is 15.0. The van der Waals surface area contributed by atoms with Crippen molar-refractivity contribution in [2.75, 3.05) is 24.6 Å². The first-order valence-corrected chi connectivity index (χ1v) is 15.4. The van der Waals surface area contributed by atoms with Crippen LogP contribution in [0, 0.1) is 0 Å². The molecule has 1 amide bonds. The molecule has 0 radical (unpaired) electrons. The van der Waals surface area contributed by atoms with Crippen molar-refractivity contribution >= 4 is 41.0 Å². The third-order valence-electron chi connectivity index (χ3n) is 7.64. The summed E-state index contributed by atoms with van der Waals surface area (Å²) in [5.41, 5.74) is 2.98. The van der Waals surface area contributed by atoms with Gasteiger partial charge in [-0.15, -0.1) is 0 Å². The highest BCUT2D eigenvalue weighted by Crippen LogP contribution is 2.26. The van der Waals surface area contributed by atoms with Crippen molar-refractivity contribution < 1.29 is 19.4 Å². The fraction of sp³-hybridized carbons (Fsp3) is 0.294. The predicted octanol–water partition coefficient (Wildman–Crippen LogP) is 6.73. The molecule has 1 aromatic heterocycles. The number of carboxylic acid groups (broad SMARTS) is 1. The average molecular weight is 634 g/mol. The molecule has 0 unspecified atom stereocenters. The van der Waals surface area contributed by atoms with E-state index in [1.54, 1.807) is 35.4 Å². The predicted molar refractivity (Wildman–Crippen MR) is 172 cm³/mol. The second-order valence-electron chi connectivity index (χ2n) is 10.8. The Morgan fingerprint density at radius 2 is 1.64 bits per heavy atom. The number of aromatic nitrogens is 2. The van der Waals surface area contributed by atoms with Crippen LogP contribution in [0.25, 0.3) is 0 Å². The first-order valence-electron chi connectivity index (χ1n) is 14.7. The van der Waals surface area contributed by atoms with Crippen LogP contribution in [0.15, 0.2) is 85.1 Å². The number of halogens is 2. The summed E-state index contributed by atoms with van der Waals surface area (Å²) in [6, 6.07) is 24.6. The van der Waals surface area contributed by atoms with E-state index in [2.05, 4.69) is 9.88 Å². The highest BCUT2D eigenvalue weighted by molar-refractivity contribution is 6.30. The third kappa shape index (κ3) is 8.49. The van der Waals surface area contributed by atoms with E-state index in [4.69, 9.17) is 32.9 Å². The molecule has 228 valence electrons. The quantitative estimate of drug-likeness (QED) is 0.174. The molecule has 0 bridgehead atoms. The van der Waals surface area contributed by atoms with Gasteiger partial charge in [0.15, 0.2) is 0 Å². The normalized spacial score (nSPS) is 14.4. The molecule has 4 aromatic rings. The molecule has 1 fully saturated rings. The number of aliphatic carboxylic acids is 1. The molecule has 3 aromatic carbocycles. The molecule has 0 spiro atoms. The van der Waals surface area contributed by atoms with E-state index in [9.17, 15) is 14.7 Å². The SMILES string of the molecule is O=C(O)CCN(Cc1ccc(Cl)cc1)C(=O)c1cnc(N2CCC[C@H]2COc2ccc(Cl)cc2)nc1CCc1ccccc1. The number of hydrogen-bond donors (Lipinski definition) is 1. The average Bonchev–Trinajstić information content (AvgIpc) is 3.51. The molecule has 0 aliphatic carbocycles. The fourth-order valence-electron chi connectivity index (χ4n) is 5.28. The van der Waals surface area contributed by atoms with E-state index >= 15 is 0 Å². The maximum atomic E-state index is 14.0. The Morgan fingerprint density at radius 3 is 2.34 bits per heavy atom. The van der Waals surface area contributed by atoms with E-state index in [-0.39, 0.29) is 31.5 Å². The van der Waals surface area contributed by atoms with Gasteiger partial charge in [0.1, 0.15) is 12.4 Å². The summed E-state index contributed by atoms with van der Waals surface area (Å²) in [4.78, 5) is 38.8. The summed E-state index contributed by atoms with van der Waals surface area (Å²) in [5.74, 6) is 0.0194. The van der Waals surface area contributed by atoms with Gasteiger partial charge in [0.25, 0.3) is 5.91 Å². The lowest BCUT2D eigenvalue weighted by molar-refractivity contribution is -0.137. The van der Waals surface area contributed by atoms with Gasteiger partial charge in [-0.05, 0) is 73.2 Å². The van der Waals surface area contributed by atoms with E-state index in [0.717, 1.165) is 36.3 Å². The largest absolute Gasteiger partial charge is 0.491 e. The van der Waals surface area contributed by atoms with E-state index < -0.39 is 5.97 Å². The number of rotatable bonds is 13. The zero-order valence-corrected chi connectivity index (χ0v) is 25.8. The summed E-state index contributed by atoms with van der Waals surface area (Å²) in [7, 11) is 0. The van der Waals surface area contributed by atoms with Crippen molar-refractivity contribution in [1.82, 2.24) is 14.9 Å². The first kappa shape index (κ1) is 31.3. The minimum Gasteiger partial charge on any atom is -0.491 e. The number of aryl methyl sites for hydroxylation is 2. The van der Waals surface area contributed by atoms with E-state index in [1.807, 2.05) is 54.6 Å². The summed E-state index contributed by atoms with van der Waals surface area (Å²) in [5, 5.41) is 10.6. The van der Waals surface area contributed by atoms with Crippen LogP contribution in [0.5, 0.6) is 5.75 Å². The number of amides is 1. The Kier molecular flexibility index (Phi) is 10.7. The number of anilines is 1. The monoisotopic (exact) mass is 632 g/mol. The van der Waals surface area contributed by atoms with Crippen LogP contribution in [0.3, 0.4) is 0 Å². The molecule has 1 saturated heterocycles. The van der Waals surface area contributed by atoms with Crippen molar-refractivity contribution in [2.24, 2.45) is 0 Å². The minimum absolute atomic E-state index is 0.0485. The zero-order chi connectivity index (χ0) is 30.9. The Bertz CT molecular complexity index is 1550. The van der Waals surface area contributed by atoms with Crippen LogP contribution in [-0.4, -0.2) is 57.6 Å². The van der Waals surface area contributed by atoms with Gasteiger partial charge in [-0.2, -0.15) is 0 Å². The lowest BCUT2D eigenvalue weighted by atomic mass is 10.0. The molecular weight excluding hydrogens is 599 g/mol. The molecule has 1 aliphatic heterocycles. The molecule has 5 rings (SSSR count). The second-order valence-corrected chi connectivity index (χ2v) is 11.6. The van der Waals surface area contributed by atoms with Crippen LogP contribution in [-0.2, 0) is 24.2 Å². The smallest absolute Gasteiger partial charge is 0.305 e. The van der Waals surface area contributed by atoms with Crippen molar-refractivity contribution in [1.29, 1.82) is 0 Å². The lowest BCUT2D eigenvalue weighted by Gasteiger charge is -2.27. The highest BCUT2D eigenvalue weighted by atomic mass is 35.5. The lowest BCUT2D eigenvalue weighted by Crippen LogP contribution is -2.36. The number of ether oxygens (including phenoxy) is 1. The molecule has 1 N–H and O–H groups in total. The van der Waals surface area contributed by atoms with Crippen LogP contribution < -0.4 is 9.64 Å². The summed E-state index contributed by atoms with van der Waals surface area (Å²) in [6.45, 7) is 1.53. The molecule has 44 heavy (non-hydrogen) atoms. The fourth-order valence-corrected chi connectivity index (χ4v) is 5.53. The van der Waals surface area contributed by atoms with Crippen molar-refractivity contribution in [3.63, 3.8) is 0 Å². The topological polar surface area (TPSA) is 95.9 Å². The van der Waals surface area contributed by atoms with Crippen molar-refractivity contribution in [2.45, 2.75) is 44.7 Å². The van der Waals surface area contributed by atoms with Crippen LogP contribution in [0.4, 0.5) is 5.95 Å². The highest BCUT2D eigenvalue weighted by Gasteiger charge is 2.29. The Hall–Kier alpha value is -4.14. The molecule has 10 heteroatoms. The van der Waals surface area contributed by atoms with Crippen LogP contribution in [0.2, 0.25) is 10.0 Å². The van der Waals surface area contributed by atoms with Gasteiger partial charge in [-0.25, -0.2) is 9.97 Å². The summed E-state index contributed by atoms with van der Waals surface area (Å²) >= 11 is 12.1. The Morgan fingerprint density at radius 1 is 0.932 bits per heavy atom. The van der Waals surface area contributed by atoms with Crippen LogP contribution >= 0.6 is 23.2 Å². The molecule has 8 nitrogen and oxygen atoms in total. The van der Waals surface area contributed by atoms with E-state index in [0.29, 0.717) is 46.7 Å². The number of hydrogen-bond acceptors (Lipinski definition) is 6. The molecular formula is C34H34Cl2N4O4. The molecule has 1 atom stereocenters. The number of carboxylic acids is 1. The Balaban J connectivity index is 1.41. The standard InChI is InChI=1S/C34H34Cl2N4O4/c35-26-11-8-25(9-12-26)22-39(20-18-32(41)42)33(43)30-21-37-34(38-31(30)17-10-24-5-2-1-3-6-24)40-19-4-7-28(40)23-44-29-15-13-27(36)14-16-29/h1-3,5-6,8-9,11-16,21,28H,4,7,10,17-20,22-23H2,(H,41,42)/t28-/m0/s1. The zero-order valence-electron chi connectivity index (χ0n) is 24.2. The Labute approximate surface area is 267 Å². The summed E-state index contributed by atoms with van der Waals surface area (Å²) < 4.78 is 6.06. The first-order chi connectivity index (χ1) is 21.4. The summed E-state index contributed by atoms with van der Waals surface area (Å²) in [6.07, 6.45) is 4.53. The van der Waals surface area contributed by atoms with Crippen molar-refractivity contribution in [3.8, 4) is 5.75 Å². The number of benzene rings is 3. The van der Waals surface area contributed by atoms with Gasteiger partial charge < -0.3 is 19.6 Å². The number of carbonyl (C=O) groups excluding carboxylic acids is 1. The van der Waals surface area contributed by atoms with Crippen molar-refractivity contribution in [3.05, 3.63) is 117 Å². The van der Waals surface area contributed by atoms with Gasteiger partial charge in [0, 0.05) is 35.9 Å². The maximum absolute atomic E-state index is 14.0. The van der Waals surface area contributed by atoms with Gasteiger partial charge in [-0.1, -0.05) is 65.7 Å². The number of carbonyl (C=O) groups is 2. The van der Waals surface area contributed by atoms with Gasteiger partial charge in [0.2, 0.25) is 5.95 Å². The minimum atomic E-state index is -0.976. The van der Waals surface area contributed by atoms with Gasteiger partial charge in [-0.3, -0.25) is 9.59 Å². The molecule has 1 aliphatic rings. The molecule has 2 heterocycles. The van der Waals surface area contributed by atoms with Gasteiger partial charge >= 0.3 is 5.97 Å². The van der Waals surface area contributed by atoms with Gasteiger partial charge in [0.05, 0.1) is 23.7 Å². The third-order valence-corrected chi connectivity index (χ3v) is 8.14.